The molecule has 0 bridgehead atoms. The van der Waals surface area contributed by atoms with E-state index >= 15 is 0 Å². The lowest BCUT2D eigenvalue weighted by Crippen LogP contribution is -2.47. The maximum Gasteiger partial charge on any atom is 0.322 e. The minimum atomic E-state index is -1.98. The zero-order valence-electron chi connectivity index (χ0n) is 39.3. The Morgan fingerprint density at radius 2 is 0.836 bits per heavy atom. The number of alkyl halides is 4. The monoisotopic (exact) mass is 1210 g/mol. The summed E-state index contributed by atoms with van der Waals surface area (Å²) in [5.74, 6) is -7.95. The van der Waals surface area contributed by atoms with Gasteiger partial charge in [0.1, 0.15) is 91.5 Å². The fourth-order valence-corrected chi connectivity index (χ4v) is 7.38. The Balaban J connectivity index is 1.48. The minimum Gasteiger partial charge on any atom is -0.464 e. The number of amides is 2. The predicted molar refractivity (Wildman–Crippen MR) is 248 cm³/mol. The average Bonchev–Trinajstić information content (AvgIpc) is 3.89. The van der Waals surface area contributed by atoms with Gasteiger partial charge in [0.15, 0.2) is 0 Å². The van der Waals surface area contributed by atoms with Crippen LogP contribution in [0.15, 0.2) is 12.2 Å². The van der Waals surface area contributed by atoms with Crippen molar-refractivity contribution in [3.8, 4) is 0 Å². The fraction of sp³-hybridized carbons (Fsp3) is 0.750. The number of ether oxygens (including phenoxy) is 9. The summed E-state index contributed by atoms with van der Waals surface area (Å²) < 4.78 is 45.2. The highest BCUT2D eigenvalue weighted by Crippen LogP contribution is 2.67. The Morgan fingerprint density at radius 1 is 0.507 bits per heavy atom. The Hall–Kier alpha value is -2.99. The summed E-state index contributed by atoms with van der Waals surface area (Å²) in [4.78, 5) is 120. The third-order valence-electron chi connectivity index (χ3n) is 11.5. The molecule has 2 aliphatic carbocycles. The van der Waals surface area contributed by atoms with Crippen LogP contribution in [0.4, 0.5) is 0 Å². The van der Waals surface area contributed by atoms with E-state index in [4.69, 9.17) is 42.6 Å². The van der Waals surface area contributed by atoms with Crippen LogP contribution in [0.3, 0.4) is 0 Å². The van der Waals surface area contributed by atoms with Gasteiger partial charge in [0, 0.05) is 5.92 Å². The van der Waals surface area contributed by atoms with E-state index in [9.17, 15) is 43.2 Å². The molecule has 19 nitrogen and oxygen atoms in total. The van der Waals surface area contributed by atoms with Gasteiger partial charge in [-0.3, -0.25) is 48.1 Å². The molecule has 0 N–H and O–H groups in total. The van der Waals surface area contributed by atoms with Gasteiger partial charge in [-0.2, -0.15) is 0 Å². The lowest BCUT2D eigenvalue weighted by atomic mass is 9.78. The van der Waals surface area contributed by atoms with Crippen LogP contribution >= 0.6 is 63.7 Å². The molecule has 4 aliphatic rings. The summed E-state index contributed by atoms with van der Waals surface area (Å²) in [6.45, 7) is 11.2. The average molecular weight is 1210 g/mol. The van der Waals surface area contributed by atoms with Crippen molar-refractivity contribution in [3.63, 3.8) is 0 Å². The Labute approximate surface area is 422 Å². The quantitative estimate of drug-likeness (QED) is 0.0233. The summed E-state index contributed by atoms with van der Waals surface area (Å²) >= 11 is 12.8. The van der Waals surface area contributed by atoms with Gasteiger partial charge in [-0.25, -0.2) is 0 Å². The normalized spacial score (nSPS) is 22.4. The number of hydrogen-bond acceptors (Lipinski definition) is 18. The second-order valence-electron chi connectivity index (χ2n) is 19.9. The van der Waals surface area contributed by atoms with Crippen LogP contribution in [-0.4, -0.2) is 154 Å². The Kier molecular flexibility index (Phi) is 17.5. The first kappa shape index (κ1) is 56.6. The van der Waals surface area contributed by atoms with Crippen LogP contribution in [0.5, 0.6) is 0 Å². The van der Waals surface area contributed by atoms with Gasteiger partial charge in [-0.1, -0.05) is 75.9 Å². The number of imide groups is 1. The smallest absolute Gasteiger partial charge is 0.322 e. The molecule has 23 heteroatoms. The fourth-order valence-electron chi connectivity index (χ4n) is 6.92. The molecule has 0 radical (unpaired) electrons. The van der Waals surface area contributed by atoms with E-state index in [0.29, 0.717) is 0 Å². The van der Waals surface area contributed by atoms with Crippen LogP contribution < -0.4 is 0 Å². The Morgan fingerprint density at radius 3 is 1.16 bits per heavy atom. The van der Waals surface area contributed by atoms with E-state index < -0.39 is 132 Å². The Bertz CT molecular complexity index is 1870. The molecule has 67 heavy (non-hydrogen) atoms. The molecule has 0 aromatic rings. The lowest BCUT2D eigenvalue weighted by molar-refractivity contribution is -0.182. The predicted octanol–water partition coefficient (Wildman–Crippen LogP) is 4.46. The van der Waals surface area contributed by atoms with Crippen molar-refractivity contribution < 1.29 is 85.8 Å². The van der Waals surface area contributed by atoms with Crippen LogP contribution in [0, 0.1) is 34.0 Å². The summed E-state index contributed by atoms with van der Waals surface area (Å²) in [7, 11) is 0. The van der Waals surface area contributed by atoms with Crippen LogP contribution in [0.25, 0.3) is 0 Å². The molecule has 5 atom stereocenters. The minimum absolute atomic E-state index is 0.0360. The van der Waals surface area contributed by atoms with Gasteiger partial charge in [0.2, 0.25) is 11.8 Å². The largest absolute Gasteiger partial charge is 0.464 e. The molecular formula is C44H59Br4NO18. The molecule has 0 aromatic heterocycles. The van der Waals surface area contributed by atoms with Gasteiger partial charge >= 0.3 is 41.8 Å². The van der Waals surface area contributed by atoms with E-state index in [-0.39, 0.29) is 50.2 Å². The third-order valence-corrected chi connectivity index (χ3v) is 12.8. The number of halogens is 4. The third kappa shape index (κ3) is 13.3. The molecule has 2 aliphatic heterocycles. The molecule has 3 fully saturated rings. The molecule has 1 spiro atoms. The van der Waals surface area contributed by atoms with Crippen molar-refractivity contribution in [1.29, 1.82) is 0 Å². The van der Waals surface area contributed by atoms with Crippen molar-refractivity contribution in [3.05, 3.63) is 12.2 Å². The number of hydrogen-bond donors (Lipinski definition) is 0. The highest BCUT2D eigenvalue weighted by molar-refractivity contribution is 9.10. The summed E-state index contributed by atoms with van der Waals surface area (Å²) in [5.41, 5.74) is -6.14. The van der Waals surface area contributed by atoms with Crippen LogP contribution in [0.2, 0.25) is 0 Å². The van der Waals surface area contributed by atoms with E-state index in [0.717, 1.165) is 4.90 Å². The molecule has 2 amide bonds. The van der Waals surface area contributed by atoms with Gasteiger partial charge in [0.25, 0.3) is 0 Å². The number of nitrogens with zero attached hydrogens (tertiary/aromatic N) is 1. The van der Waals surface area contributed by atoms with E-state index in [2.05, 4.69) is 63.7 Å². The summed E-state index contributed by atoms with van der Waals surface area (Å²) in [6.07, 6.45) is 3.50. The van der Waals surface area contributed by atoms with Gasteiger partial charge < -0.3 is 42.6 Å². The highest BCUT2D eigenvalue weighted by Gasteiger charge is 2.80. The molecular weight excluding hydrogens is 1150 g/mol. The molecule has 2 saturated heterocycles. The van der Waals surface area contributed by atoms with E-state index in [1.807, 2.05) is 12.2 Å². The molecule has 2 heterocycles. The maximum absolute atomic E-state index is 14.0. The number of esters is 7. The first-order valence-corrected chi connectivity index (χ1v) is 24.5. The number of rotatable bonds is 25. The van der Waals surface area contributed by atoms with Gasteiger partial charge in [-0.05, 0) is 76.2 Å². The summed E-state index contributed by atoms with van der Waals surface area (Å²) in [6, 6.07) is 0. The SMILES string of the molecule is CC(C)(Br)C(=O)OCC(C)(COC(=O)C(C)(C)Br)C(=O)OCC(C)(COC(=O)C(C)(COC(=O)C(C)(C)Br)COC(=O)C(C)(C)Br)C(=O)OCCOCCN1C(=O)[C@@H]2C3OC34C=CC4[C@@H]2C1=O. The molecule has 3 unspecified atom stereocenters. The van der Waals surface area contributed by atoms with Crippen LogP contribution in [-0.2, 0) is 85.8 Å². The van der Waals surface area contributed by atoms with Gasteiger partial charge in [0.05, 0.1) is 31.6 Å². The highest BCUT2D eigenvalue weighted by atomic mass is 79.9. The zero-order chi connectivity index (χ0) is 50.9. The molecule has 1 saturated carbocycles. The number of epoxide rings is 1. The zero-order valence-corrected chi connectivity index (χ0v) is 45.7. The summed E-state index contributed by atoms with van der Waals surface area (Å²) in [5, 5.41) is 0. The number of carbonyl (C=O) groups is 9. The topological polar surface area (TPSA) is 243 Å². The molecule has 0 aromatic carbocycles. The van der Waals surface area contributed by atoms with Crippen molar-refractivity contribution in [2.24, 2.45) is 34.0 Å². The molecule has 4 rings (SSSR count). The van der Waals surface area contributed by atoms with Crippen LogP contribution in [0.1, 0.15) is 76.2 Å². The van der Waals surface area contributed by atoms with Crippen molar-refractivity contribution in [2.75, 3.05) is 66.0 Å². The first-order chi connectivity index (χ1) is 30.5. The standard InChI is InChI=1S/C44H59Br4NO18/c1-37(2,45)30(52)61-18-42(10,19-62-31(53)38(3,4)46)35(57)65-22-41(9,23-66-36(58)43(11,20-63-32(54)39(5,6)47)21-64-33(55)40(7,8)48)34(56)60-17-16-59-15-14-49-28(50)25-24-12-13-44(24)27(67-44)26(25)29(49)51/h12-13,24-27H,14-23H2,1-11H3/t24?,25-,26-,27?,44?/m0/s1. The second kappa shape index (κ2) is 20.8. The second-order valence-corrected chi connectivity index (χ2v) is 27.9. The van der Waals surface area contributed by atoms with E-state index in [1.165, 1.54) is 76.2 Å². The van der Waals surface area contributed by atoms with Gasteiger partial charge in [-0.15, -0.1) is 0 Å². The first-order valence-electron chi connectivity index (χ1n) is 21.3. The van der Waals surface area contributed by atoms with Crippen molar-refractivity contribution in [1.82, 2.24) is 4.90 Å². The van der Waals surface area contributed by atoms with Crippen molar-refractivity contribution >= 4 is 117 Å². The number of likely N-dealkylation sites (tertiary alicyclic amines) is 1. The van der Waals surface area contributed by atoms with E-state index in [1.54, 1.807) is 0 Å². The maximum atomic E-state index is 14.0. The van der Waals surface area contributed by atoms with Crippen molar-refractivity contribution in [2.45, 2.75) is 105 Å². The molecule has 376 valence electrons. The number of carbonyl (C=O) groups excluding carboxylic acids is 9. The number of fused-ring (bicyclic) bond motifs is 3. The lowest BCUT2D eigenvalue weighted by Gasteiger charge is -2.33.